The van der Waals surface area contributed by atoms with Gasteiger partial charge in [0.25, 0.3) is 5.91 Å². The Morgan fingerprint density at radius 2 is 1.92 bits per heavy atom. The quantitative estimate of drug-likeness (QED) is 0.732. The number of hydrogen-bond donors (Lipinski definition) is 2. The Balaban J connectivity index is 1.73. The molecule has 1 aromatic heterocycles. The summed E-state index contributed by atoms with van der Waals surface area (Å²) >= 11 is 1.22. The SMILES string of the molecule is CC(C)c1ccc2c(c1)/C(=N\c1nnc(-c3ccccc3O)s1)C(=O)N2. The molecule has 3 aromatic rings. The standard InChI is InChI=1S/C19H16N4O2S/c1-10(2)11-7-8-14-13(9-11)16(17(25)20-14)21-19-23-22-18(26-19)12-5-3-4-6-15(12)24/h3-10,24H,1-2H3,(H,20,21,23,25). The molecule has 4 rings (SSSR count). The molecule has 1 amide bonds. The molecule has 0 fully saturated rings. The minimum absolute atomic E-state index is 0.133. The summed E-state index contributed by atoms with van der Waals surface area (Å²) in [6.45, 7) is 4.21. The Labute approximate surface area is 154 Å². The van der Waals surface area contributed by atoms with E-state index in [-0.39, 0.29) is 11.7 Å². The molecule has 2 heterocycles. The average molecular weight is 364 g/mol. The van der Waals surface area contributed by atoms with Gasteiger partial charge in [-0.1, -0.05) is 43.4 Å². The number of para-hydroxylation sites is 1. The number of phenolic OH excluding ortho intramolecular Hbond substituents is 1. The van der Waals surface area contributed by atoms with Crippen molar-refractivity contribution in [2.75, 3.05) is 5.32 Å². The fourth-order valence-electron chi connectivity index (χ4n) is 2.76. The molecule has 130 valence electrons. The van der Waals surface area contributed by atoms with Crippen LogP contribution in [0, 0.1) is 0 Å². The van der Waals surface area contributed by atoms with Crippen LogP contribution in [0.15, 0.2) is 47.5 Å². The first kappa shape index (κ1) is 16.4. The Hall–Kier alpha value is -3.06. The fourth-order valence-corrected chi connectivity index (χ4v) is 3.52. The summed E-state index contributed by atoms with van der Waals surface area (Å²) in [7, 11) is 0. The highest BCUT2D eigenvalue weighted by Gasteiger charge is 2.27. The minimum Gasteiger partial charge on any atom is -0.507 e. The number of phenols is 1. The van der Waals surface area contributed by atoms with E-state index in [4.69, 9.17) is 0 Å². The predicted octanol–water partition coefficient (Wildman–Crippen LogP) is 4.11. The Kier molecular flexibility index (Phi) is 4.00. The van der Waals surface area contributed by atoms with Crippen molar-refractivity contribution in [1.82, 2.24) is 10.2 Å². The number of nitrogens with one attached hydrogen (secondary N) is 1. The lowest BCUT2D eigenvalue weighted by atomic mass is 9.99. The van der Waals surface area contributed by atoms with Crippen molar-refractivity contribution < 1.29 is 9.90 Å². The summed E-state index contributed by atoms with van der Waals surface area (Å²) in [5.41, 5.74) is 3.60. The van der Waals surface area contributed by atoms with E-state index in [0.29, 0.717) is 27.3 Å². The van der Waals surface area contributed by atoms with E-state index in [2.05, 4.69) is 34.4 Å². The van der Waals surface area contributed by atoms with Gasteiger partial charge in [0, 0.05) is 5.56 Å². The van der Waals surface area contributed by atoms with Gasteiger partial charge in [0.2, 0.25) is 5.13 Å². The molecule has 0 aliphatic carbocycles. The third-order valence-electron chi connectivity index (χ3n) is 4.18. The number of fused-ring (bicyclic) bond motifs is 1. The first-order chi connectivity index (χ1) is 12.5. The predicted molar refractivity (Wildman–Crippen MR) is 102 cm³/mol. The van der Waals surface area contributed by atoms with Gasteiger partial charge >= 0.3 is 0 Å². The van der Waals surface area contributed by atoms with E-state index in [9.17, 15) is 9.90 Å². The van der Waals surface area contributed by atoms with Crippen molar-refractivity contribution in [2.24, 2.45) is 4.99 Å². The van der Waals surface area contributed by atoms with Gasteiger partial charge in [-0.15, -0.1) is 10.2 Å². The lowest BCUT2D eigenvalue weighted by molar-refractivity contribution is -0.110. The zero-order chi connectivity index (χ0) is 18.3. The highest BCUT2D eigenvalue weighted by molar-refractivity contribution is 7.18. The van der Waals surface area contributed by atoms with Crippen molar-refractivity contribution in [3.63, 3.8) is 0 Å². The summed E-state index contributed by atoms with van der Waals surface area (Å²) in [6.07, 6.45) is 0. The third-order valence-corrected chi connectivity index (χ3v) is 5.04. The van der Waals surface area contributed by atoms with Crippen molar-refractivity contribution in [3.8, 4) is 16.3 Å². The maximum Gasteiger partial charge on any atom is 0.275 e. The van der Waals surface area contributed by atoms with Crippen LogP contribution in [-0.2, 0) is 4.79 Å². The van der Waals surface area contributed by atoms with Gasteiger partial charge in [-0.3, -0.25) is 4.79 Å². The number of benzene rings is 2. The van der Waals surface area contributed by atoms with Crippen LogP contribution < -0.4 is 5.32 Å². The molecule has 0 radical (unpaired) electrons. The van der Waals surface area contributed by atoms with Gasteiger partial charge in [-0.25, -0.2) is 4.99 Å². The molecule has 2 N–H and O–H groups in total. The van der Waals surface area contributed by atoms with Crippen molar-refractivity contribution >= 4 is 33.8 Å². The van der Waals surface area contributed by atoms with E-state index in [1.165, 1.54) is 11.3 Å². The van der Waals surface area contributed by atoms with Crippen LogP contribution in [0.3, 0.4) is 0 Å². The van der Waals surface area contributed by atoms with E-state index in [1.807, 2.05) is 24.3 Å². The summed E-state index contributed by atoms with van der Waals surface area (Å²) < 4.78 is 0. The van der Waals surface area contributed by atoms with Crippen LogP contribution in [0.5, 0.6) is 5.75 Å². The highest BCUT2D eigenvalue weighted by Crippen LogP contribution is 2.35. The number of carbonyl (C=O) groups is 1. The second-order valence-corrected chi connectivity index (χ2v) is 7.24. The van der Waals surface area contributed by atoms with Crippen LogP contribution in [-0.4, -0.2) is 26.9 Å². The average Bonchev–Trinajstić information content (AvgIpc) is 3.20. The molecule has 1 aliphatic heterocycles. The highest BCUT2D eigenvalue weighted by atomic mass is 32.1. The van der Waals surface area contributed by atoms with Gasteiger partial charge in [-0.05, 0) is 35.7 Å². The molecule has 0 saturated carbocycles. The molecule has 2 aromatic carbocycles. The number of anilines is 1. The maximum atomic E-state index is 12.3. The van der Waals surface area contributed by atoms with Crippen molar-refractivity contribution in [3.05, 3.63) is 53.6 Å². The molecule has 0 atom stereocenters. The lowest BCUT2D eigenvalue weighted by Crippen LogP contribution is -2.13. The van der Waals surface area contributed by atoms with Crippen molar-refractivity contribution in [2.45, 2.75) is 19.8 Å². The molecule has 0 unspecified atom stereocenters. The number of nitrogens with zero attached hydrogens (tertiary/aromatic N) is 3. The Bertz CT molecular complexity index is 1040. The van der Waals surface area contributed by atoms with Gasteiger partial charge < -0.3 is 10.4 Å². The van der Waals surface area contributed by atoms with Gasteiger partial charge in [0.1, 0.15) is 11.5 Å². The maximum absolute atomic E-state index is 12.3. The Morgan fingerprint density at radius 1 is 1.12 bits per heavy atom. The van der Waals surface area contributed by atoms with E-state index >= 15 is 0 Å². The van der Waals surface area contributed by atoms with Gasteiger partial charge in [0.15, 0.2) is 5.01 Å². The molecular formula is C19H16N4O2S. The number of hydrogen-bond acceptors (Lipinski definition) is 6. The first-order valence-corrected chi connectivity index (χ1v) is 9.01. The van der Waals surface area contributed by atoms with Gasteiger partial charge in [0.05, 0.1) is 11.3 Å². The number of aromatic nitrogens is 2. The number of aliphatic imine (C=N–C) groups is 1. The number of carbonyl (C=O) groups excluding carboxylic acids is 1. The zero-order valence-electron chi connectivity index (χ0n) is 14.2. The van der Waals surface area contributed by atoms with Crippen LogP contribution in [0.4, 0.5) is 10.8 Å². The van der Waals surface area contributed by atoms with Crippen molar-refractivity contribution in [1.29, 1.82) is 0 Å². The fraction of sp³-hybridized carbons (Fsp3) is 0.158. The normalized spacial score (nSPS) is 14.7. The summed E-state index contributed by atoms with van der Waals surface area (Å²) in [5, 5.41) is 21.8. The molecule has 7 heteroatoms. The number of aromatic hydroxyl groups is 1. The third kappa shape index (κ3) is 2.86. The minimum atomic E-state index is -0.250. The number of amides is 1. The van der Waals surface area contributed by atoms with Crippen LogP contribution in [0.1, 0.15) is 30.9 Å². The Morgan fingerprint density at radius 3 is 2.69 bits per heavy atom. The molecule has 6 nitrogen and oxygen atoms in total. The number of rotatable bonds is 3. The van der Waals surface area contributed by atoms with Crippen LogP contribution in [0.2, 0.25) is 0 Å². The lowest BCUT2D eigenvalue weighted by Gasteiger charge is -2.06. The molecule has 26 heavy (non-hydrogen) atoms. The summed E-state index contributed by atoms with van der Waals surface area (Å²) in [6, 6.07) is 12.8. The van der Waals surface area contributed by atoms with E-state index in [0.717, 1.165) is 16.8 Å². The zero-order valence-corrected chi connectivity index (χ0v) is 15.0. The van der Waals surface area contributed by atoms with Crippen LogP contribution >= 0.6 is 11.3 Å². The first-order valence-electron chi connectivity index (χ1n) is 8.19. The van der Waals surface area contributed by atoms with Gasteiger partial charge in [-0.2, -0.15) is 0 Å². The van der Waals surface area contributed by atoms with E-state index < -0.39 is 0 Å². The molecule has 1 aliphatic rings. The second-order valence-electron chi connectivity index (χ2n) is 6.28. The molecular weight excluding hydrogens is 348 g/mol. The molecule has 0 bridgehead atoms. The van der Waals surface area contributed by atoms with E-state index in [1.54, 1.807) is 18.2 Å². The topological polar surface area (TPSA) is 87.5 Å². The molecule has 0 saturated heterocycles. The monoisotopic (exact) mass is 364 g/mol. The van der Waals surface area contributed by atoms with Crippen LogP contribution in [0.25, 0.3) is 10.6 Å². The summed E-state index contributed by atoms with van der Waals surface area (Å²) in [5.74, 6) is 0.236. The summed E-state index contributed by atoms with van der Waals surface area (Å²) in [4.78, 5) is 16.7. The smallest absolute Gasteiger partial charge is 0.275 e. The largest absolute Gasteiger partial charge is 0.507 e. The molecule has 0 spiro atoms. The second kappa shape index (κ2) is 6.34.